The van der Waals surface area contributed by atoms with Gasteiger partial charge in [0.2, 0.25) is 0 Å². The summed E-state index contributed by atoms with van der Waals surface area (Å²) < 4.78 is 12.8. The Hall–Kier alpha value is -6.38. The van der Waals surface area contributed by atoms with Crippen LogP contribution < -0.4 is 0 Å². The fourth-order valence-electron chi connectivity index (χ4n) is 8.48. The zero-order valence-corrected chi connectivity index (χ0v) is 27.2. The molecule has 8 aromatic carbocycles. The second kappa shape index (κ2) is 10.6. The van der Waals surface area contributed by atoms with Gasteiger partial charge in [0.15, 0.2) is 11.2 Å². The van der Waals surface area contributed by atoms with Gasteiger partial charge in [-0.25, -0.2) is 0 Å². The van der Waals surface area contributed by atoms with Crippen molar-refractivity contribution < 1.29 is 8.83 Å². The van der Waals surface area contributed by atoms with Gasteiger partial charge in [-0.3, -0.25) is 0 Å². The topological polar surface area (TPSA) is 26.3 Å². The molecule has 0 saturated heterocycles. The zero-order chi connectivity index (χ0) is 32.8. The van der Waals surface area contributed by atoms with Crippen LogP contribution in [0.2, 0.25) is 0 Å². The molecule has 2 aromatic heterocycles. The molecule has 0 spiro atoms. The predicted molar refractivity (Wildman–Crippen MR) is 210 cm³/mol. The van der Waals surface area contributed by atoms with E-state index in [9.17, 15) is 0 Å². The first kappa shape index (κ1) is 27.6. The molecular weight excluding hydrogens is 609 g/mol. The van der Waals surface area contributed by atoms with Crippen LogP contribution in [0.15, 0.2) is 161 Å². The van der Waals surface area contributed by atoms with Gasteiger partial charge in [0.05, 0.1) is 0 Å². The lowest BCUT2D eigenvalue weighted by molar-refractivity contribution is 0.584. The summed E-state index contributed by atoms with van der Waals surface area (Å²) in [4.78, 5) is 0. The Kier molecular flexibility index (Phi) is 5.82. The van der Waals surface area contributed by atoms with Crippen LogP contribution in [-0.4, -0.2) is 0 Å². The second-order valence-electron chi connectivity index (χ2n) is 13.5. The molecule has 0 radical (unpaired) electrons. The third-order valence-electron chi connectivity index (χ3n) is 10.7. The first-order chi connectivity index (χ1) is 24.8. The molecule has 2 heteroatoms. The highest BCUT2D eigenvalue weighted by molar-refractivity contribution is 6.23. The van der Waals surface area contributed by atoms with Crippen LogP contribution in [0.1, 0.15) is 17.7 Å². The molecular formula is C48H30O2. The van der Waals surface area contributed by atoms with Gasteiger partial charge in [0, 0.05) is 21.7 Å². The van der Waals surface area contributed by atoms with Crippen LogP contribution in [0.3, 0.4) is 0 Å². The number of hydrogen-bond donors (Lipinski definition) is 0. The third kappa shape index (κ3) is 3.96. The van der Waals surface area contributed by atoms with Gasteiger partial charge in [0.1, 0.15) is 11.3 Å². The molecule has 0 fully saturated rings. The van der Waals surface area contributed by atoms with E-state index in [4.69, 9.17) is 8.83 Å². The van der Waals surface area contributed by atoms with Crippen molar-refractivity contribution in [3.05, 3.63) is 163 Å². The first-order valence-electron chi connectivity index (χ1n) is 17.4. The van der Waals surface area contributed by atoms with Gasteiger partial charge in [-0.15, -0.1) is 0 Å². The molecule has 1 aliphatic rings. The van der Waals surface area contributed by atoms with Crippen molar-refractivity contribution in [2.75, 3.05) is 0 Å². The molecule has 0 unspecified atom stereocenters. The van der Waals surface area contributed by atoms with Crippen molar-refractivity contribution >= 4 is 71.3 Å². The van der Waals surface area contributed by atoms with Crippen molar-refractivity contribution in [2.24, 2.45) is 0 Å². The van der Waals surface area contributed by atoms with Crippen molar-refractivity contribution in [1.82, 2.24) is 0 Å². The molecule has 0 saturated carbocycles. The maximum Gasteiger partial charge on any atom is 0.178 e. The minimum absolute atomic E-state index is 0.829. The van der Waals surface area contributed by atoms with Gasteiger partial charge in [-0.1, -0.05) is 121 Å². The summed E-state index contributed by atoms with van der Waals surface area (Å²) >= 11 is 0. The smallest absolute Gasteiger partial charge is 0.178 e. The Morgan fingerprint density at radius 1 is 0.420 bits per heavy atom. The van der Waals surface area contributed by atoms with E-state index in [1.807, 2.05) is 0 Å². The highest BCUT2D eigenvalue weighted by Crippen LogP contribution is 2.46. The molecule has 2 nitrogen and oxygen atoms in total. The van der Waals surface area contributed by atoms with E-state index in [-0.39, 0.29) is 0 Å². The molecule has 0 atom stereocenters. The van der Waals surface area contributed by atoms with Crippen LogP contribution in [0.25, 0.3) is 105 Å². The standard InChI is InChI=1S/C48H30O2/c1-2-15-33-29(11-1)12-10-21-35(33)46-38-19-5-3-17-36(38)45(37-18-4-6-20-39(37)46)32-14-9-13-30(27-32)31-23-26-44-42(28-31)41-25-24-40-34-16-7-8-22-43(34)49-47(40)48(41)50-44/h1-6,8-15,17-28H,7,16H2. The number of rotatable bonds is 3. The summed E-state index contributed by atoms with van der Waals surface area (Å²) in [7, 11) is 0. The molecule has 10 aromatic rings. The summed E-state index contributed by atoms with van der Waals surface area (Å²) in [6.07, 6.45) is 6.33. The third-order valence-corrected chi connectivity index (χ3v) is 10.7. The van der Waals surface area contributed by atoms with Crippen molar-refractivity contribution in [3.8, 4) is 33.4 Å². The highest BCUT2D eigenvalue weighted by atomic mass is 16.4. The summed E-state index contributed by atoms with van der Waals surface area (Å²) in [6, 6.07) is 53.1. The zero-order valence-electron chi connectivity index (χ0n) is 27.2. The van der Waals surface area contributed by atoms with Crippen LogP contribution in [0.5, 0.6) is 0 Å². The lowest BCUT2D eigenvalue weighted by Crippen LogP contribution is -1.92. The Morgan fingerprint density at radius 3 is 1.88 bits per heavy atom. The molecule has 0 aliphatic heterocycles. The van der Waals surface area contributed by atoms with Crippen molar-refractivity contribution in [1.29, 1.82) is 0 Å². The quantitative estimate of drug-likeness (QED) is 0.180. The Labute approximate surface area is 288 Å². The number of hydrogen-bond acceptors (Lipinski definition) is 2. The first-order valence-corrected chi connectivity index (χ1v) is 17.4. The fourth-order valence-corrected chi connectivity index (χ4v) is 8.48. The Bertz CT molecular complexity index is 2980. The lowest BCUT2D eigenvalue weighted by atomic mass is 9.84. The van der Waals surface area contributed by atoms with E-state index in [0.29, 0.717) is 0 Å². The number of benzene rings is 8. The number of fused-ring (bicyclic) bond motifs is 10. The summed E-state index contributed by atoms with van der Waals surface area (Å²) in [5.74, 6) is 0.960. The van der Waals surface area contributed by atoms with E-state index < -0.39 is 0 Å². The van der Waals surface area contributed by atoms with Gasteiger partial charge in [-0.05, 0) is 115 Å². The lowest BCUT2D eigenvalue weighted by Gasteiger charge is -2.19. The number of furan rings is 2. The van der Waals surface area contributed by atoms with Gasteiger partial charge >= 0.3 is 0 Å². The SMILES string of the molecule is C1=Cc2oc3c(ccc4c5cc(-c6cccc(-c7c8ccccc8c(-c8cccc9ccccc89)c8ccccc78)c6)ccc5oc43)c2CC1. The van der Waals surface area contributed by atoms with E-state index in [1.165, 1.54) is 65.7 Å². The second-order valence-corrected chi connectivity index (χ2v) is 13.5. The van der Waals surface area contributed by atoms with Gasteiger partial charge < -0.3 is 8.83 Å². The van der Waals surface area contributed by atoms with Crippen molar-refractivity contribution in [2.45, 2.75) is 12.8 Å². The summed E-state index contributed by atoms with van der Waals surface area (Å²) in [5.41, 5.74) is 11.2. The molecule has 1 aliphatic carbocycles. The van der Waals surface area contributed by atoms with Crippen LogP contribution >= 0.6 is 0 Å². The van der Waals surface area contributed by atoms with Gasteiger partial charge in [0.25, 0.3) is 0 Å². The minimum Gasteiger partial charge on any atom is -0.452 e. The molecule has 234 valence electrons. The minimum atomic E-state index is 0.829. The van der Waals surface area contributed by atoms with Crippen LogP contribution in [0, 0.1) is 0 Å². The average molecular weight is 639 g/mol. The predicted octanol–water partition coefficient (Wildman–Crippen LogP) is 13.8. The fraction of sp³-hybridized carbons (Fsp3) is 0.0417. The van der Waals surface area contributed by atoms with Crippen molar-refractivity contribution in [3.63, 3.8) is 0 Å². The van der Waals surface area contributed by atoms with Gasteiger partial charge in [-0.2, -0.15) is 0 Å². The van der Waals surface area contributed by atoms with E-state index in [1.54, 1.807) is 0 Å². The number of allylic oxidation sites excluding steroid dienone is 1. The van der Waals surface area contributed by atoms with E-state index in [0.717, 1.165) is 57.1 Å². The largest absolute Gasteiger partial charge is 0.452 e. The molecule has 11 rings (SSSR count). The molecule has 0 N–H and O–H groups in total. The normalized spacial score (nSPS) is 13.0. The van der Waals surface area contributed by atoms with Crippen LogP contribution in [0.4, 0.5) is 0 Å². The Balaban J connectivity index is 1.11. The molecule has 0 bridgehead atoms. The average Bonchev–Trinajstić information content (AvgIpc) is 3.75. The molecule has 2 heterocycles. The Morgan fingerprint density at radius 2 is 1.06 bits per heavy atom. The maximum atomic E-state index is 6.48. The maximum absolute atomic E-state index is 6.48. The highest BCUT2D eigenvalue weighted by Gasteiger charge is 2.21. The van der Waals surface area contributed by atoms with Crippen LogP contribution in [-0.2, 0) is 6.42 Å². The molecule has 50 heavy (non-hydrogen) atoms. The van der Waals surface area contributed by atoms with E-state index >= 15 is 0 Å². The summed E-state index contributed by atoms with van der Waals surface area (Å²) in [5, 5.41) is 10.9. The van der Waals surface area contributed by atoms with E-state index in [2.05, 4.69) is 158 Å². The molecule has 0 amide bonds. The number of aryl methyl sites for hydroxylation is 1. The summed E-state index contributed by atoms with van der Waals surface area (Å²) in [6.45, 7) is 0. The monoisotopic (exact) mass is 638 g/mol.